The number of carboxylic acids is 1. The summed E-state index contributed by atoms with van der Waals surface area (Å²) in [5, 5.41) is 11.5. The number of carboxylic acid groups (broad SMARTS) is 1. The molecule has 0 saturated heterocycles. The molecule has 5 nitrogen and oxygen atoms in total. The highest BCUT2D eigenvalue weighted by molar-refractivity contribution is 5.76. The van der Waals surface area contributed by atoms with E-state index in [1.807, 2.05) is 19.1 Å². The highest BCUT2D eigenvalue weighted by Gasteiger charge is 2.12. The molecular weight excluding hydrogens is 244 g/mol. The van der Waals surface area contributed by atoms with Crippen LogP contribution in [0.15, 0.2) is 24.5 Å². The summed E-state index contributed by atoms with van der Waals surface area (Å²) >= 11 is 0. The molecule has 0 aliphatic heterocycles. The molecule has 0 aliphatic rings. The molecule has 1 aromatic heterocycles. The van der Waals surface area contributed by atoms with Crippen LogP contribution in [-0.2, 0) is 16.0 Å². The second-order valence-corrected chi connectivity index (χ2v) is 4.53. The smallest absolute Gasteiger partial charge is 0.303 e. The third-order valence-electron chi connectivity index (χ3n) is 3.02. The summed E-state index contributed by atoms with van der Waals surface area (Å²) in [6.07, 6.45) is 5.33. The van der Waals surface area contributed by atoms with Gasteiger partial charge in [0.15, 0.2) is 0 Å². The van der Waals surface area contributed by atoms with Gasteiger partial charge in [0.25, 0.3) is 0 Å². The van der Waals surface area contributed by atoms with Crippen LogP contribution in [0.5, 0.6) is 0 Å². The third kappa shape index (κ3) is 6.55. The lowest BCUT2D eigenvalue weighted by Crippen LogP contribution is -2.30. The molecule has 0 spiro atoms. The van der Waals surface area contributed by atoms with Gasteiger partial charge in [0.05, 0.1) is 0 Å². The molecule has 1 aromatic rings. The Morgan fingerprint density at radius 2 is 2.05 bits per heavy atom. The summed E-state index contributed by atoms with van der Waals surface area (Å²) in [6.45, 7) is 2.36. The van der Waals surface area contributed by atoms with Gasteiger partial charge < -0.3 is 10.4 Å². The van der Waals surface area contributed by atoms with E-state index in [1.54, 1.807) is 12.4 Å². The summed E-state index contributed by atoms with van der Waals surface area (Å²) in [5.41, 5.74) is 1.07. The predicted octanol–water partition coefficient (Wildman–Crippen LogP) is 1.63. The molecule has 1 amide bonds. The van der Waals surface area contributed by atoms with Gasteiger partial charge in [0.2, 0.25) is 5.91 Å². The van der Waals surface area contributed by atoms with Crippen LogP contribution in [-0.4, -0.2) is 28.5 Å². The summed E-state index contributed by atoms with van der Waals surface area (Å²) in [4.78, 5) is 26.2. The van der Waals surface area contributed by atoms with Crippen molar-refractivity contribution in [1.29, 1.82) is 0 Å². The number of carbonyl (C=O) groups excluding carboxylic acids is 1. The molecule has 5 heteroatoms. The highest BCUT2D eigenvalue weighted by atomic mass is 16.4. The molecule has 1 unspecified atom stereocenters. The number of carbonyl (C=O) groups is 2. The van der Waals surface area contributed by atoms with Crippen molar-refractivity contribution in [2.45, 2.75) is 32.6 Å². The number of nitrogens with zero attached hydrogens (tertiary/aromatic N) is 1. The SMILES string of the molecule is CCC(CNC(=O)CCc1ccncc1)CC(=O)O. The highest BCUT2D eigenvalue weighted by Crippen LogP contribution is 2.07. The van der Waals surface area contributed by atoms with Crippen LogP contribution in [0.3, 0.4) is 0 Å². The number of nitrogens with one attached hydrogen (secondary N) is 1. The number of hydrogen-bond donors (Lipinski definition) is 2. The van der Waals surface area contributed by atoms with Crippen LogP contribution in [0, 0.1) is 5.92 Å². The van der Waals surface area contributed by atoms with Gasteiger partial charge in [-0.05, 0) is 30.0 Å². The summed E-state index contributed by atoms with van der Waals surface area (Å²) in [7, 11) is 0. The van der Waals surface area contributed by atoms with E-state index in [0.29, 0.717) is 19.4 Å². The first kappa shape index (κ1) is 15.1. The number of aliphatic carboxylic acids is 1. The van der Waals surface area contributed by atoms with E-state index in [0.717, 1.165) is 12.0 Å². The molecule has 0 radical (unpaired) electrons. The second-order valence-electron chi connectivity index (χ2n) is 4.53. The topological polar surface area (TPSA) is 79.3 Å². The Hall–Kier alpha value is -1.91. The van der Waals surface area contributed by atoms with Crippen LogP contribution < -0.4 is 5.32 Å². The fourth-order valence-electron chi connectivity index (χ4n) is 1.76. The average Bonchev–Trinajstić information content (AvgIpc) is 2.42. The van der Waals surface area contributed by atoms with Gasteiger partial charge in [-0.1, -0.05) is 13.3 Å². The van der Waals surface area contributed by atoms with E-state index in [2.05, 4.69) is 10.3 Å². The first-order valence-electron chi connectivity index (χ1n) is 6.49. The number of aryl methyl sites for hydroxylation is 1. The number of aromatic nitrogens is 1. The predicted molar refractivity (Wildman–Crippen MR) is 71.6 cm³/mol. The number of amides is 1. The van der Waals surface area contributed by atoms with Gasteiger partial charge in [-0.25, -0.2) is 0 Å². The number of rotatable bonds is 8. The molecule has 0 aromatic carbocycles. The first-order chi connectivity index (χ1) is 9.11. The maximum Gasteiger partial charge on any atom is 0.303 e. The molecule has 0 fully saturated rings. The van der Waals surface area contributed by atoms with Crippen molar-refractivity contribution >= 4 is 11.9 Å². The fraction of sp³-hybridized carbons (Fsp3) is 0.500. The Morgan fingerprint density at radius 1 is 1.37 bits per heavy atom. The van der Waals surface area contributed by atoms with Crippen molar-refractivity contribution in [2.75, 3.05) is 6.54 Å². The lowest BCUT2D eigenvalue weighted by molar-refractivity contribution is -0.138. The average molecular weight is 264 g/mol. The van der Waals surface area contributed by atoms with Crippen LogP contribution in [0.1, 0.15) is 31.7 Å². The van der Waals surface area contributed by atoms with Gasteiger partial charge in [-0.15, -0.1) is 0 Å². The molecule has 0 aliphatic carbocycles. The fourth-order valence-corrected chi connectivity index (χ4v) is 1.76. The van der Waals surface area contributed by atoms with E-state index >= 15 is 0 Å². The van der Waals surface area contributed by atoms with Crippen molar-refractivity contribution < 1.29 is 14.7 Å². The zero-order valence-corrected chi connectivity index (χ0v) is 11.1. The minimum atomic E-state index is -0.821. The maximum absolute atomic E-state index is 11.6. The lowest BCUT2D eigenvalue weighted by atomic mass is 10.0. The summed E-state index contributed by atoms with van der Waals surface area (Å²) in [5.74, 6) is -0.860. The molecule has 104 valence electrons. The monoisotopic (exact) mass is 264 g/mol. The van der Waals surface area contributed by atoms with Gasteiger partial charge in [0, 0.05) is 31.8 Å². The van der Waals surface area contributed by atoms with E-state index in [9.17, 15) is 9.59 Å². The molecule has 1 atom stereocenters. The first-order valence-corrected chi connectivity index (χ1v) is 6.49. The van der Waals surface area contributed by atoms with Crippen molar-refractivity contribution in [3.63, 3.8) is 0 Å². The van der Waals surface area contributed by atoms with Crippen molar-refractivity contribution in [3.05, 3.63) is 30.1 Å². The lowest BCUT2D eigenvalue weighted by Gasteiger charge is -2.13. The minimum Gasteiger partial charge on any atom is -0.481 e. The molecule has 1 rings (SSSR count). The second kappa shape index (κ2) is 8.24. The van der Waals surface area contributed by atoms with Crippen LogP contribution >= 0.6 is 0 Å². The van der Waals surface area contributed by atoms with E-state index in [4.69, 9.17) is 5.11 Å². The zero-order valence-electron chi connectivity index (χ0n) is 11.1. The third-order valence-corrected chi connectivity index (χ3v) is 3.02. The molecule has 0 saturated carbocycles. The standard InChI is InChI=1S/C14H20N2O3/c1-2-11(9-14(18)19)10-16-13(17)4-3-12-5-7-15-8-6-12/h5-8,11H,2-4,9-10H2,1H3,(H,16,17)(H,18,19). The van der Waals surface area contributed by atoms with Crippen LogP contribution in [0.2, 0.25) is 0 Å². The van der Waals surface area contributed by atoms with Gasteiger partial charge in [-0.2, -0.15) is 0 Å². The van der Waals surface area contributed by atoms with Gasteiger partial charge >= 0.3 is 5.97 Å². The Labute approximate surface area is 113 Å². The Balaban J connectivity index is 2.25. The molecule has 1 heterocycles. The van der Waals surface area contributed by atoms with Crippen molar-refractivity contribution in [3.8, 4) is 0 Å². The Kier molecular flexibility index (Phi) is 6.57. The largest absolute Gasteiger partial charge is 0.481 e. The Bertz CT molecular complexity index is 406. The number of pyridine rings is 1. The maximum atomic E-state index is 11.6. The van der Waals surface area contributed by atoms with E-state index < -0.39 is 5.97 Å². The summed E-state index contributed by atoms with van der Waals surface area (Å²) in [6, 6.07) is 3.76. The van der Waals surface area contributed by atoms with Gasteiger partial charge in [0.1, 0.15) is 0 Å². The van der Waals surface area contributed by atoms with Crippen LogP contribution in [0.4, 0.5) is 0 Å². The molecule has 0 bridgehead atoms. The van der Waals surface area contributed by atoms with E-state index in [-0.39, 0.29) is 18.2 Å². The molecule has 2 N–H and O–H groups in total. The normalized spacial score (nSPS) is 11.8. The minimum absolute atomic E-state index is 0.00220. The zero-order chi connectivity index (χ0) is 14.1. The molecule has 19 heavy (non-hydrogen) atoms. The van der Waals surface area contributed by atoms with Crippen molar-refractivity contribution in [1.82, 2.24) is 10.3 Å². The molecular formula is C14H20N2O3. The van der Waals surface area contributed by atoms with Crippen molar-refractivity contribution in [2.24, 2.45) is 5.92 Å². The quantitative estimate of drug-likeness (QED) is 0.748. The summed E-state index contributed by atoms with van der Waals surface area (Å²) < 4.78 is 0. The van der Waals surface area contributed by atoms with Gasteiger partial charge in [-0.3, -0.25) is 14.6 Å². The number of hydrogen-bond acceptors (Lipinski definition) is 3. The van der Waals surface area contributed by atoms with Crippen LogP contribution in [0.25, 0.3) is 0 Å². The Morgan fingerprint density at radius 3 is 2.63 bits per heavy atom. The van der Waals surface area contributed by atoms with E-state index in [1.165, 1.54) is 0 Å².